The van der Waals surface area contributed by atoms with Gasteiger partial charge in [-0.3, -0.25) is 9.59 Å². The minimum Gasteiger partial charge on any atom is -0.481 e. The van der Waals surface area contributed by atoms with Crippen LogP contribution in [0.3, 0.4) is 0 Å². The molecule has 4 heteroatoms. The van der Waals surface area contributed by atoms with Gasteiger partial charge in [-0.2, -0.15) is 0 Å². The molecular formula is C17H19NO3. The van der Waals surface area contributed by atoms with Crippen LogP contribution in [0.2, 0.25) is 0 Å². The van der Waals surface area contributed by atoms with Crippen molar-refractivity contribution < 1.29 is 9.90 Å². The topological polar surface area (TPSA) is 59.3 Å². The van der Waals surface area contributed by atoms with Crippen molar-refractivity contribution in [2.24, 2.45) is 0 Å². The third kappa shape index (κ3) is 3.60. The number of hydrogen-bond acceptors (Lipinski definition) is 2. The van der Waals surface area contributed by atoms with E-state index in [1.807, 2.05) is 43.3 Å². The highest BCUT2D eigenvalue weighted by Gasteiger charge is 2.11. The van der Waals surface area contributed by atoms with Crippen molar-refractivity contribution in [1.29, 1.82) is 0 Å². The van der Waals surface area contributed by atoms with E-state index in [1.165, 1.54) is 0 Å². The average Bonchev–Trinajstić information content (AvgIpc) is 2.49. The van der Waals surface area contributed by atoms with Crippen LogP contribution in [0.5, 0.6) is 0 Å². The third-order valence-corrected chi connectivity index (χ3v) is 3.38. The molecule has 1 N–H and O–H groups in total. The van der Waals surface area contributed by atoms with Gasteiger partial charge >= 0.3 is 5.97 Å². The Kier molecular flexibility index (Phi) is 4.93. The molecule has 0 fully saturated rings. The third-order valence-electron chi connectivity index (χ3n) is 3.38. The molecule has 0 aliphatic heterocycles. The minimum absolute atomic E-state index is 0.0218. The van der Waals surface area contributed by atoms with Gasteiger partial charge in [0.2, 0.25) is 0 Å². The van der Waals surface area contributed by atoms with Gasteiger partial charge in [0, 0.05) is 18.5 Å². The van der Waals surface area contributed by atoms with Crippen LogP contribution >= 0.6 is 0 Å². The first kappa shape index (κ1) is 15.0. The maximum absolute atomic E-state index is 12.5. The summed E-state index contributed by atoms with van der Waals surface area (Å²) in [6, 6.07) is 13.4. The van der Waals surface area contributed by atoms with E-state index in [4.69, 9.17) is 5.11 Å². The second-order valence-corrected chi connectivity index (χ2v) is 4.96. The predicted molar refractivity (Wildman–Crippen MR) is 82.4 cm³/mol. The molecule has 0 saturated heterocycles. The first-order chi connectivity index (χ1) is 10.1. The Hall–Kier alpha value is -2.36. The standard InChI is InChI=1S/C17H19NO3/c1-2-12-18-15(13-6-4-3-5-7-13)10-8-14(17(18)21)9-11-16(19)20/h3-8,10H,2,9,11-12H2,1H3,(H,19,20). The summed E-state index contributed by atoms with van der Waals surface area (Å²) in [6.45, 7) is 2.65. The normalized spacial score (nSPS) is 10.5. The van der Waals surface area contributed by atoms with Crippen molar-refractivity contribution in [3.05, 3.63) is 58.4 Å². The summed E-state index contributed by atoms with van der Waals surface area (Å²) >= 11 is 0. The van der Waals surface area contributed by atoms with Gasteiger partial charge in [-0.1, -0.05) is 43.3 Å². The molecule has 0 spiro atoms. The molecule has 1 aromatic carbocycles. The predicted octanol–water partition coefficient (Wildman–Crippen LogP) is 2.94. The maximum Gasteiger partial charge on any atom is 0.303 e. The lowest BCUT2D eigenvalue weighted by atomic mass is 10.1. The molecule has 2 rings (SSSR count). The molecule has 110 valence electrons. The summed E-state index contributed by atoms with van der Waals surface area (Å²) in [6.07, 6.45) is 1.10. The molecule has 0 saturated carbocycles. The van der Waals surface area contributed by atoms with Gasteiger partial charge in [-0.25, -0.2) is 0 Å². The number of benzene rings is 1. The lowest BCUT2D eigenvalue weighted by Crippen LogP contribution is -2.25. The Labute approximate surface area is 123 Å². The van der Waals surface area contributed by atoms with Gasteiger partial charge in [-0.05, 0) is 24.5 Å². The zero-order valence-electron chi connectivity index (χ0n) is 12.1. The van der Waals surface area contributed by atoms with Crippen LogP contribution in [0.4, 0.5) is 0 Å². The summed E-state index contributed by atoms with van der Waals surface area (Å²) in [5.74, 6) is -0.886. The summed E-state index contributed by atoms with van der Waals surface area (Å²) in [5, 5.41) is 8.76. The lowest BCUT2D eigenvalue weighted by Gasteiger charge is -2.14. The van der Waals surface area contributed by atoms with Crippen LogP contribution < -0.4 is 5.56 Å². The van der Waals surface area contributed by atoms with E-state index in [0.717, 1.165) is 17.7 Å². The van der Waals surface area contributed by atoms with E-state index >= 15 is 0 Å². The number of aromatic nitrogens is 1. The van der Waals surface area contributed by atoms with Gasteiger partial charge in [0.15, 0.2) is 0 Å². The number of rotatable bonds is 6. The van der Waals surface area contributed by atoms with Crippen molar-refractivity contribution in [2.75, 3.05) is 0 Å². The number of aliphatic carboxylic acids is 1. The lowest BCUT2D eigenvalue weighted by molar-refractivity contribution is -0.136. The molecule has 0 bridgehead atoms. The maximum atomic E-state index is 12.5. The molecule has 1 aromatic heterocycles. The quantitative estimate of drug-likeness (QED) is 0.887. The van der Waals surface area contributed by atoms with Crippen molar-refractivity contribution in [1.82, 2.24) is 4.57 Å². The van der Waals surface area contributed by atoms with Gasteiger partial charge < -0.3 is 9.67 Å². The molecule has 0 aliphatic rings. The number of carboxylic acids is 1. The van der Waals surface area contributed by atoms with E-state index in [2.05, 4.69) is 0 Å². The highest BCUT2D eigenvalue weighted by molar-refractivity contribution is 5.67. The summed E-state index contributed by atoms with van der Waals surface area (Å²) in [4.78, 5) is 23.2. The highest BCUT2D eigenvalue weighted by Crippen LogP contribution is 2.18. The van der Waals surface area contributed by atoms with Gasteiger partial charge in [0.05, 0.1) is 5.69 Å². The van der Waals surface area contributed by atoms with Gasteiger partial charge in [0.25, 0.3) is 5.56 Å². The van der Waals surface area contributed by atoms with E-state index < -0.39 is 5.97 Å². The molecular weight excluding hydrogens is 266 g/mol. The second-order valence-electron chi connectivity index (χ2n) is 4.96. The Morgan fingerprint density at radius 3 is 2.48 bits per heavy atom. The van der Waals surface area contributed by atoms with Crippen molar-refractivity contribution in [3.8, 4) is 11.3 Å². The number of nitrogens with zero attached hydrogens (tertiary/aromatic N) is 1. The van der Waals surface area contributed by atoms with E-state index in [1.54, 1.807) is 10.6 Å². The Morgan fingerprint density at radius 1 is 1.14 bits per heavy atom. The SMILES string of the molecule is CCCn1c(-c2ccccc2)ccc(CCC(=O)O)c1=O. The van der Waals surface area contributed by atoms with E-state index in [0.29, 0.717) is 12.1 Å². The van der Waals surface area contributed by atoms with Crippen molar-refractivity contribution in [2.45, 2.75) is 32.7 Å². The monoisotopic (exact) mass is 285 g/mol. The Bertz CT molecular complexity index is 674. The van der Waals surface area contributed by atoms with Crippen LogP contribution in [-0.2, 0) is 17.8 Å². The number of hydrogen-bond donors (Lipinski definition) is 1. The summed E-state index contributed by atoms with van der Waals surface area (Å²) in [7, 11) is 0. The van der Waals surface area contributed by atoms with Crippen LogP contribution in [0.15, 0.2) is 47.3 Å². The summed E-state index contributed by atoms with van der Waals surface area (Å²) in [5.41, 5.74) is 2.35. The molecule has 0 aliphatic carbocycles. The molecule has 0 amide bonds. The number of carboxylic acid groups (broad SMARTS) is 1. The Balaban J connectivity index is 2.46. The minimum atomic E-state index is -0.886. The smallest absolute Gasteiger partial charge is 0.303 e. The first-order valence-corrected chi connectivity index (χ1v) is 7.13. The molecule has 0 atom stereocenters. The van der Waals surface area contributed by atoms with Crippen molar-refractivity contribution >= 4 is 5.97 Å². The average molecular weight is 285 g/mol. The largest absolute Gasteiger partial charge is 0.481 e. The molecule has 21 heavy (non-hydrogen) atoms. The van der Waals surface area contributed by atoms with E-state index in [-0.39, 0.29) is 18.4 Å². The fourth-order valence-corrected chi connectivity index (χ4v) is 2.36. The summed E-state index contributed by atoms with van der Waals surface area (Å²) < 4.78 is 1.74. The van der Waals surface area contributed by atoms with Gasteiger partial charge in [0.1, 0.15) is 0 Å². The van der Waals surface area contributed by atoms with Crippen molar-refractivity contribution in [3.63, 3.8) is 0 Å². The van der Waals surface area contributed by atoms with Crippen LogP contribution in [0, 0.1) is 0 Å². The van der Waals surface area contributed by atoms with E-state index in [9.17, 15) is 9.59 Å². The highest BCUT2D eigenvalue weighted by atomic mass is 16.4. The second kappa shape index (κ2) is 6.88. The number of aryl methyl sites for hydroxylation is 1. The molecule has 4 nitrogen and oxygen atoms in total. The fourth-order valence-electron chi connectivity index (χ4n) is 2.36. The zero-order valence-corrected chi connectivity index (χ0v) is 12.1. The first-order valence-electron chi connectivity index (χ1n) is 7.13. The molecule has 0 radical (unpaired) electrons. The molecule has 1 heterocycles. The van der Waals surface area contributed by atoms with Crippen LogP contribution in [-0.4, -0.2) is 15.6 Å². The van der Waals surface area contributed by atoms with Gasteiger partial charge in [-0.15, -0.1) is 0 Å². The van der Waals surface area contributed by atoms with Crippen LogP contribution in [0.25, 0.3) is 11.3 Å². The molecule has 0 unspecified atom stereocenters. The molecule has 2 aromatic rings. The number of pyridine rings is 1. The van der Waals surface area contributed by atoms with Crippen LogP contribution in [0.1, 0.15) is 25.3 Å². The zero-order chi connectivity index (χ0) is 15.2. The fraction of sp³-hybridized carbons (Fsp3) is 0.294. The number of carbonyl (C=O) groups is 1. The Morgan fingerprint density at radius 2 is 1.86 bits per heavy atom.